The van der Waals surface area contributed by atoms with E-state index in [2.05, 4.69) is 18.5 Å². The number of nitrogens with zero attached hydrogens (tertiary/aromatic N) is 2. The lowest BCUT2D eigenvalue weighted by atomic mass is 9.90. The van der Waals surface area contributed by atoms with Crippen LogP contribution in [0.15, 0.2) is 0 Å². The van der Waals surface area contributed by atoms with Crippen molar-refractivity contribution in [2.45, 2.75) is 51.2 Å². The van der Waals surface area contributed by atoms with Crippen LogP contribution in [-0.2, 0) is 11.2 Å². The van der Waals surface area contributed by atoms with Crippen LogP contribution in [0.5, 0.6) is 0 Å². The molecule has 2 atom stereocenters. The molecule has 0 bridgehead atoms. The van der Waals surface area contributed by atoms with Gasteiger partial charge >= 0.3 is 0 Å². The largest absolute Gasteiger partial charge is 0.374 e. The fourth-order valence-electron chi connectivity index (χ4n) is 3.63. The van der Waals surface area contributed by atoms with E-state index in [1.54, 1.807) is 0 Å². The van der Waals surface area contributed by atoms with Gasteiger partial charge in [0.25, 0.3) is 0 Å². The number of aromatic nitrogens is 2. The van der Waals surface area contributed by atoms with Gasteiger partial charge in [0, 0.05) is 18.1 Å². The Morgan fingerprint density at radius 3 is 3.05 bits per heavy atom. The highest BCUT2D eigenvalue weighted by molar-refractivity contribution is 7.99. The summed E-state index contributed by atoms with van der Waals surface area (Å²) in [5.74, 6) is 2.39. The van der Waals surface area contributed by atoms with Crippen molar-refractivity contribution in [3.63, 3.8) is 0 Å². The Balaban J connectivity index is 1.83. The Hall–Kier alpha value is -0.520. The summed E-state index contributed by atoms with van der Waals surface area (Å²) >= 11 is 2.03. The minimum absolute atomic E-state index is 0.119. The van der Waals surface area contributed by atoms with Gasteiger partial charge in [-0.1, -0.05) is 0 Å². The molecule has 3 heterocycles. The average molecular weight is 295 g/mol. The first-order valence-corrected chi connectivity index (χ1v) is 8.77. The summed E-state index contributed by atoms with van der Waals surface area (Å²) in [7, 11) is 0. The molecular formula is C15H25N3OS. The van der Waals surface area contributed by atoms with Gasteiger partial charge in [0.05, 0.1) is 17.3 Å². The van der Waals surface area contributed by atoms with Crippen LogP contribution in [0.1, 0.15) is 42.3 Å². The second kappa shape index (κ2) is 5.70. The molecule has 20 heavy (non-hydrogen) atoms. The van der Waals surface area contributed by atoms with E-state index < -0.39 is 0 Å². The van der Waals surface area contributed by atoms with Crippen LogP contribution in [0.2, 0.25) is 0 Å². The maximum atomic E-state index is 6.12. The molecule has 0 aliphatic carbocycles. The molecule has 4 nitrogen and oxygen atoms in total. The van der Waals surface area contributed by atoms with Crippen LogP contribution in [0.4, 0.5) is 0 Å². The first kappa shape index (κ1) is 14.4. The van der Waals surface area contributed by atoms with Crippen molar-refractivity contribution in [2.24, 2.45) is 5.73 Å². The fraction of sp³-hybridized carbons (Fsp3) is 0.800. The summed E-state index contributed by atoms with van der Waals surface area (Å²) in [5.41, 5.74) is 9.63. The number of thioether (sulfide) groups is 1. The van der Waals surface area contributed by atoms with Crippen LogP contribution in [0, 0.1) is 13.8 Å². The van der Waals surface area contributed by atoms with Crippen molar-refractivity contribution in [2.75, 3.05) is 24.7 Å². The summed E-state index contributed by atoms with van der Waals surface area (Å²) in [5, 5.41) is 4.81. The Morgan fingerprint density at radius 1 is 1.50 bits per heavy atom. The molecule has 112 valence electrons. The van der Waals surface area contributed by atoms with Crippen molar-refractivity contribution < 1.29 is 4.74 Å². The molecule has 5 heteroatoms. The maximum absolute atomic E-state index is 6.12. The SMILES string of the molecule is Cc1nn(C2CCOC3(CCSC3)C2)c(C)c1CCN. The van der Waals surface area contributed by atoms with Gasteiger partial charge in [-0.2, -0.15) is 16.9 Å². The fourth-order valence-corrected chi connectivity index (χ4v) is 5.01. The molecule has 1 spiro atoms. The monoisotopic (exact) mass is 295 g/mol. The number of hydrogen-bond acceptors (Lipinski definition) is 4. The van der Waals surface area contributed by atoms with Crippen LogP contribution in [0.3, 0.4) is 0 Å². The highest BCUT2D eigenvalue weighted by atomic mass is 32.2. The molecule has 0 radical (unpaired) electrons. The molecular weight excluding hydrogens is 270 g/mol. The number of hydrogen-bond donors (Lipinski definition) is 1. The zero-order valence-corrected chi connectivity index (χ0v) is 13.3. The third kappa shape index (κ3) is 2.51. The van der Waals surface area contributed by atoms with Gasteiger partial charge in [-0.15, -0.1) is 0 Å². The lowest BCUT2D eigenvalue weighted by Gasteiger charge is -2.38. The number of ether oxygens (including phenoxy) is 1. The summed E-state index contributed by atoms with van der Waals surface area (Å²) in [6, 6.07) is 0.493. The lowest BCUT2D eigenvalue weighted by Crippen LogP contribution is -2.41. The molecule has 2 aliphatic rings. The molecule has 2 fully saturated rings. The van der Waals surface area contributed by atoms with Crippen molar-refractivity contribution in [3.05, 3.63) is 17.0 Å². The second-order valence-electron chi connectivity index (χ2n) is 6.11. The van der Waals surface area contributed by atoms with Crippen molar-refractivity contribution in [1.29, 1.82) is 0 Å². The Labute approximate surface area is 125 Å². The first-order chi connectivity index (χ1) is 9.65. The molecule has 3 rings (SSSR count). The predicted molar refractivity (Wildman–Crippen MR) is 83.4 cm³/mol. The topological polar surface area (TPSA) is 53.1 Å². The van der Waals surface area contributed by atoms with Crippen LogP contribution < -0.4 is 5.73 Å². The first-order valence-electron chi connectivity index (χ1n) is 7.61. The lowest BCUT2D eigenvalue weighted by molar-refractivity contribution is -0.0781. The number of rotatable bonds is 3. The quantitative estimate of drug-likeness (QED) is 0.929. The number of nitrogens with two attached hydrogens (primary N) is 1. The highest BCUT2D eigenvalue weighted by Crippen LogP contribution is 2.42. The van der Waals surface area contributed by atoms with Gasteiger partial charge < -0.3 is 10.5 Å². The van der Waals surface area contributed by atoms with E-state index in [1.165, 1.54) is 23.4 Å². The minimum atomic E-state index is 0.119. The van der Waals surface area contributed by atoms with Gasteiger partial charge in [0.1, 0.15) is 0 Å². The summed E-state index contributed by atoms with van der Waals surface area (Å²) < 4.78 is 8.38. The highest BCUT2D eigenvalue weighted by Gasteiger charge is 2.41. The zero-order chi connectivity index (χ0) is 14.2. The van der Waals surface area contributed by atoms with E-state index >= 15 is 0 Å². The van der Waals surface area contributed by atoms with E-state index in [9.17, 15) is 0 Å². The molecule has 2 aliphatic heterocycles. The molecule has 0 saturated carbocycles. The third-order valence-electron chi connectivity index (χ3n) is 4.75. The van der Waals surface area contributed by atoms with Crippen molar-refractivity contribution >= 4 is 11.8 Å². The van der Waals surface area contributed by atoms with Gasteiger partial charge in [0.15, 0.2) is 0 Å². The second-order valence-corrected chi connectivity index (χ2v) is 7.22. The standard InChI is InChI=1S/C15H25N3OS/c1-11-14(3-6-16)12(2)18(17-11)13-4-7-19-15(9-13)5-8-20-10-15/h13H,3-10,16H2,1-2H3. The summed E-state index contributed by atoms with van der Waals surface area (Å²) in [6.07, 6.45) is 4.32. The molecule has 2 saturated heterocycles. The van der Waals surface area contributed by atoms with E-state index in [-0.39, 0.29) is 5.60 Å². The van der Waals surface area contributed by atoms with Crippen molar-refractivity contribution in [1.82, 2.24) is 9.78 Å². The van der Waals surface area contributed by atoms with Gasteiger partial charge in [-0.25, -0.2) is 0 Å². The molecule has 1 aromatic rings. The molecule has 2 N–H and O–H groups in total. The third-order valence-corrected chi connectivity index (χ3v) is 5.97. The van der Waals surface area contributed by atoms with Gasteiger partial charge in [-0.05, 0) is 57.4 Å². The molecule has 1 aromatic heterocycles. The molecule has 0 amide bonds. The Bertz CT molecular complexity index is 480. The molecule has 2 unspecified atom stereocenters. The average Bonchev–Trinajstić information content (AvgIpc) is 2.99. The van der Waals surface area contributed by atoms with E-state index in [1.807, 2.05) is 11.8 Å². The van der Waals surface area contributed by atoms with Gasteiger partial charge in [-0.3, -0.25) is 4.68 Å². The predicted octanol–water partition coefficient (Wildman–Crippen LogP) is 2.23. The Morgan fingerprint density at radius 2 is 2.35 bits per heavy atom. The Kier molecular flexibility index (Phi) is 4.11. The van der Waals surface area contributed by atoms with Crippen LogP contribution in [0.25, 0.3) is 0 Å². The minimum Gasteiger partial charge on any atom is -0.374 e. The smallest absolute Gasteiger partial charge is 0.0800 e. The van der Waals surface area contributed by atoms with E-state index in [0.717, 1.165) is 37.3 Å². The normalized spacial score (nSPS) is 30.2. The summed E-state index contributed by atoms with van der Waals surface area (Å²) in [4.78, 5) is 0. The molecule has 0 aromatic carbocycles. The van der Waals surface area contributed by atoms with Gasteiger partial charge in [0.2, 0.25) is 0 Å². The van der Waals surface area contributed by atoms with E-state index in [4.69, 9.17) is 15.6 Å². The maximum Gasteiger partial charge on any atom is 0.0800 e. The zero-order valence-electron chi connectivity index (χ0n) is 12.5. The number of aryl methyl sites for hydroxylation is 1. The summed E-state index contributed by atoms with van der Waals surface area (Å²) in [6.45, 7) is 5.86. The van der Waals surface area contributed by atoms with Crippen LogP contribution >= 0.6 is 11.8 Å². The van der Waals surface area contributed by atoms with Crippen LogP contribution in [-0.4, -0.2) is 40.0 Å². The van der Waals surface area contributed by atoms with Crippen molar-refractivity contribution in [3.8, 4) is 0 Å². The van der Waals surface area contributed by atoms with E-state index in [0.29, 0.717) is 12.6 Å².